The number of hydrogen-bond acceptors (Lipinski definition) is 6. The standard InChI is InChI=1S/C31H40BrN3O5/c1-2-3-16-35-29(37)27(28(36)23-12-19-39-20-13-23)33-30(38)31(35)14-17-34(18-15-31)21-22-4-8-25(9-5-22)40-26-10-6-24(32)7-11-26/h4-11,23,27-28,36H,2-3,12-21H2,1H3,(H,33,38)/t27-,28-/m1/s1. The van der Waals surface area contributed by atoms with Gasteiger partial charge < -0.3 is 24.8 Å². The second kappa shape index (κ2) is 13.0. The highest BCUT2D eigenvalue weighted by molar-refractivity contribution is 9.10. The molecule has 216 valence electrons. The number of aliphatic hydroxyl groups excluding tert-OH is 1. The summed E-state index contributed by atoms with van der Waals surface area (Å²) in [5.41, 5.74) is 0.322. The van der Waals surface area contributed by atoms with E-state index in [0.717, 1.165) is 35.4 Å². The van der Waals surface area contributed by atoms with Crippen LogP contribution in [0.15, 0.2) is 53.0 Å². The fourth-order valence-corrected chi connectivity index (χ4v) is 6.44. The Balaban J connectivity index is 1.21. The van der Waals surface area contributed by atoms with Gasteiger partial charge in [0.1, 0.15) is 23.1 Å². The summed E-state index contributed by atoms with van der Waals surface area (Å²) in [6, 6.07) is 15.0. The van der Waals surface area contributed by atoms with E-state index in [1.807, 2.05) is 41.3 Å². The number of amides is 2. The predicted molar refractivity (Wildman–Crippen MR) is 156 cm³/mol. The van der Waals surface area contributed by atoms with Crippen LogP contribution in [0, 0.1) is 5.92 Å². The quantitative estimate of drug-likeness (QED) is 0.433. The van der Waals surface area contributed by atoms with Gasteiger partial charge in [-0.1, -0.05) is 41.4 Å². The van der Waals surface area contributed by atoms with Gasteiger partial charge in [0.05, 0.1) is 6.10 Å². The Morgan fingerprint density at radius 3 is 2.30 bits per heavy atom. The molecule has 3 heterocycles. The van der Waals surface area contributed by atoms with Crippen LogP contribution < -0.4 is 10.1 Å². The zero-order chi connectivity index (χ0) is 28.1. The lowest BCUT2D eigenvalue weighted by Gasteiger charge is -2.52. The molecule has 9 heteroatoms. The number of halogens is 1. The van der Waals surface area contributed by atoms with Gasteiger partial charge >= 0.3 is 0 Å². The Hall–Kier alpha value is -2.46. The lowest BCUT2D eigenvalue weighted by molar-refractivity contribution is -0.166. The van der Waals surface area contributed by atoms with Gasteiger partial charge in [-0.3, -0.25) is 14.5 Å². The van der Waals surface area contributed by atoms with Crippen LogP contribution in [0.5, 0.6) is 11.5 Å². The number of piperidine rings is 1. The van der Waals surface area contributed by atoms with Crippen molar-refractivity contribution in [3.05, 3.63) is 58.6 Å². The summed E-state index contributed by atoms with van der Waals surface area (Å²) >= 11 is 3.44. The topological polar surface area (TPSA) is 91.3 Å². The molecule has 8 nitrogen and oxygen atoms in total. The highest BCUT2D eigenvalue weighted by Crippen LogP contribution is 2.36. The summed E-state index contributed by atoms with van der Waals surface area (Å²) in [6.45, 7) is 5.99. The molecule has 0 radical (unpaired) electrons. The molecule has 2 aromatic rings. The van der Waals surface area contributed by atoms with E-state index >= 15 is 0 Å². The fourth-order valence-electron chi connectivity index (χ4n) is 6.18. The van der Waals surface area contributed by atoms with Gasteiger partial charge in [0.2, 0.25) is 11.8 Å². The zero-order valence-corrected chi connectivity index (χ0v) is 24.8. The molecule has 0 aliphatic carbocycles. The molecule has 3 aliphatic rings. The number of rotatable bonds is 9. The average Bonchev–Trinajstić information content (AvgIpc) is 2.98. The molecule has 2 amide bonds. The minimum absolute atomic E-state index is 0.0430. The lowest BCUT2D eigenvalue weighted by atomic mass is 9.79. The molecule has 0 unspecified atom stereocenters. The van der Waals surface area contributed by atoms with Crippen molar-refractivity contribution < 1.29 is 24.2 Å². The van der Waals surface area contributed by atoms with Crippen molar-refractivity contribution in [2.24, 2.45) is 5.92 Å². The molecule has 2 atom stereocenters. The van der Waals surface area contributed by atoms with Crippen molar-refractivity contribution in [3.8, 4) is 11.5 Å². The Kier molecular flexibility index (Phi) is 9.45. The Morgan fingerprint density at radius 1 is 1.05 bits per heavy atom. The van der Waals surface area contributed by atoms with Crippen LogP contribution in [0.1, 0.15) is 51.0 Å². The number of ether oxygens (including phenoxy) is 2. The van der Waals surface area contributed by atoms with E-state index in [0.29, 0.717) is 58.5 Å². The molecule has 40 heavy (non-hydrogen) atoms. The Labute approximate surface area is 245 Å². The molecule has 3 fully saturated rings. The number of nitrogens with one attached hydrogen (secondary N) is 1. The van der Waals surface area contributed by atoms with Gasteiger partial charge in [-0.15, -0.1) is 0 Å². The number of unbranched alkanes of at least 4 members (excludes halogenated alkanes) is 1. The van der Waals surface area contributed by atoms with Crippen molar-refractivity contribution in [1.82, 2.24) is 15.1 Å². The van der Waals surface area contributed by atoms with Gasteiger partial charge in [0.25, 0.3) is 0 Å². The number of likely N-dealkylation sites (tertiary alicyclic amines) is 1. The number of nitrogens with zero attached hydrogens (tertiary/aromatic N) is 2. The second-order valence-electron chi connectivity index (χ2n) is 11.2. The lowest BCUT2D eigenvalue weighted by Crippen LogP contribution is -2.75. The molecule has 2 aromatic carbocycles. The van der Waals surface area contributed by atoms with Crippen LogP contribution >= 0.6 is 15.9 Å². The maximum Gasteiger partial charge on any atom is 0.248 e. The first-order valence-electron chi connectivity index (χ1n) is 14.5. The van der Waals surface area contributed by atoms with Gasteiger partial charge in [-0.05, 0) is 80.0 Å². The van der Waals surface area contributed by atoms with Crippen molar-refractivity contribution in [2.45, 2.75) is 69.7 Å². The summed E-state index contributed by atoms with van der Waals surface area (Å²) in [4.78, 5) is 31.6. The molecule has 0 saturated carbocycles. The first-order valence-corrected chi connectivity index (χ1v) is 15.3. The van der Waals surface area contributed by atoms with Gasteiger partial charge in [-0.25, -0.2) is 0 Å². The second-order valence-corrected chi connectivity index (χ2v) is 12.2. The number of aliphatic hydroxyl groups is 1. The van der Waals surface area contributed by atoms with Gasteiger partial charge in [0, 0.05) is 43.9 Å². The zero-order valence-electron chi connectivity index (χ0n) is 23.2. The Morgan fingerprint density at radius 2 is 1.68 bits per heavy atom. The fraction of sp³-hybridized carbons (Fsp3) is 0.548. The van der Waals surface area contributed by atoms with E-state index in [9.17, 15) is 14.7 Å². The average molecular weight is 615 g/mol. The Bertz CT molecular complexity index is 1140. The number of hydrogen-bond donors (Lipinski definition) is 2. The molecular formula is C31H40BrN3O5. The monoisotopic (exact) mass is 613 g/mol. The molecule has 0 aromatic heterocycles. The molecule has 3 aliphatic heterocycles. The third-order valence-corrected chi connectivity index (χ3v) is 9.17. The number of carbonyl (C=O) groups is 2. The first kappa shape index (κ1) is 29.0. The molecule has 0 bridgehead atoms. The normalized spacial score (nSPS) is 22.8. The summed E-state index contributed by atoms with van der Waals surface area (Å²) in [6.07, 6.45) is 3.44. The number of piperazine rings is 1. The van der Waals surface area contributed by atoms with E-state index in [2.05, 4.69) is 45.2 Å². The van der Waals surface area contributed by atoms with Crippen LogP contribution in [0.2, 0.25) is 0 Å². The largest absolute Gasteiger partial charge is 0.457 e. The van der Waals surface area contributed by atoms with Crippen LogP contribution in [0.3, 0.4) is 0 Å². The van der Waals surface area contributed by atoms with Crippen molar-refractivity contribution in [1.29, 1.82) is 0 Å². The van der Waals surface area contributed by atoms with Crippen LogP contribution in [0.4, 0.5) is 0 Å². The van der Waals surface area contributed by atoms with E-state index in [1.165, 1.54) is 5.56 Å². The van der Waals surface area contributed by atoms with Crippen molar-refractivity contribution >= 4 is 27.7 Å². The minimum atomic E-state index is -0.891. The number of benzene rings is 2. The summed E-state index contributed by atoms with van der Waals surface area (Å²) in [7, 11) is 0. The van der Waals surface area contributed by atoms with Crippen molar-refractivity contribution in [2.75, 3.05) is 32.8 Å². The maximum absolute atomic E-state index is 13.8. The minimum Gasteiger partial charge on any atom is -0.457 e. The van der Waals surface area contributed by atoms with E-state index in [1.54, 1.807) is 0 Å². The van der Waals surface area contributed by atoms with E-state index < -0.39 is 17.7 Å². The molecule has 1 spiro atoms. The highest BCUT2D eigenvalue weighted by Gasteiger charge is 2.55. The van der Waals surface area contributed by atoms with E-state index in [4.69, 9.17) is 9.47 Å². The molecule has 2 N–H and O–H groups in total. The summed E-state index contributed by atoms with van der Waals surface area (Å²) in [5, 5.41) is 14.1. The van der Waals surface area contributed by atoms with Crippen LogP contribution in [-0.4, -0.2) is 77.3 Å². The smallest absolute Gasteiger partial charge is 0.248 e. The molecule has 5 rings (SSSR count). The third kappa shape index (κ3) is 6.38. The molecule has 3 saturated heterocycles. The van der Waals surface area contributed by atoms with Gasteiger partial charge in [0.15, 0.2) is 0 Å². The summed E-state index contributed by atoms with van der Waals surface area (Å²) < 4.78 is 12.4. The summed E-state index contributed by atoms with van der Waals surface area (Å²) in [5.74, 6) is 1.27. The van der Waals surface area contributed by atoms with Crippen molar-refractivity contribution in [3.63, 3.8) is 0 Å². The van der Waals surface area contributed by atoms with Gasteiger partial charge in [-0.2, -0.15) is 0 Å². The van der Waals surface area contributed by atoms with Crippen LogP contribution in [0.25, 0.3) is 0 Å². The van der Waals surface area contributed by atoms with Crippen LogP contribution in [-0.2, 0) is 20.9 Å². The van der Waals surface area contributed by atoms with E-state index in [-0.39, 0.29) is 17.7 Å². The molecular weight excluding hydrogens is 574 g/mol. The SMILES string of the molecule is CCCCN1C(=O)[C@@H]([C@H](O)C2CCOCC2)NC(=O)C12CCN(Cc1ccc(Oc3ccc(Br)cc3)cc1)CC2. The number of carbonyl (C=O) groups excluding carboxylic acids is 2. The first-order chi connectivity index (χ1) is 19.4. The third-order valence-electron chi connectivity index (χ3n) is 8.65. The maximum atomic E-state index is 13.8. The predicted octanol–water partition coefficient (Wildman–Crippen LogP) is 4.49. The highest BCUT2D eigenvalue weighted by atomic mass is 79.9.